The smallest absolute Gasteiger partial charge is 0.113 e. The molecule has 0 heterocycles. The van der Waals surface area contributed by atoms with Crippen molar-refractivity contribution in [2.75, 3.05) is 20.3 Å². The highest BCUT2D eigenvalue weighted by molar-refractivity contribution is 4.87. The summed E-state index contributed by atoms with van der Waals surface area (Å²) in [7, 11) is 1.90. The molecule has 0 radical (unpaired) electrons. The molecular formula is C14H29NO2. The van der Waals surface area contributed by atoms with E-state index < -0.39 is 0 Å². The highest BCUT2D eigenvalue weighted by Crippen LogP contribution is 2.17. The Balaban J connectivity index is 3.81. The Labute approximate surface area is 107 Å². The standard InChI is InChI=1S/C14H29NO2/c1-12(2)8-10-16-13(3,4)9-11-17-14(5,6)15-7/h15H,1,8-11H2,2-7H3. The molecule has 0 unspecified atom stereocenters. The van der Waals surface area contributed by atoms with E-state index in [-0.39, 0.29) is 11.3 Å². The molecule has 3 heteroatoms. The van der Waals surface area contributed by atoms with E-state index in [1.165, 1.54) is 0 Å². The zero-order valence-electron chi connectivity index (χ0n) is 12.4. The molecule has 0 atom stereocenters. The van der Waals surface area contributed by atoms with Crippen LogP contribution in [0.1, 0.15) is 47.5 Å². The van der Waals surface area contributed by atoms with Gasteiger partial charge in [-0.15, -0.1) is 6.58 Å². The molecule has 0 amide bonds. The second kappa shape index (κ2) is 7.14. The fourth-order valence-electron chi connectivity index (χ4n) is 1.20. The largest absolute Gasteiger partial charge is 0.375 e. The summed E-state index contributed by atoms with van der Waals surface area (Å²) in [5.41, 5.74) is 0.751. The van der Waals surface area contributed by atoms with Crippen LogP contribution < -0.4 is 5.32 Å². The molecule has 0 aliphatic rings. The summed E-state index contributed by atoms with van der Waals surface area (Å²) < 4.78 is 11.6. The van der Waals surface area contributed by atoms with Gasteiger partial charge in [0.15, 0.2) is 0 Å². The molecule has 0 aliphatic carbocycles. The van der Waals surface area contributed by atoms with Gasteiger partial charge in [-0.1, -0.05) is 5.57 Å². The van der Waals surface area contributed by atoms with E-state index in [1.807, 2.05) is 27.8 Å². The van der Waals surface area contributed by atoms with Gasteiger partial charge in [0, 0.05) is 0 Å². The first kappa shape index (κ1) is 16.6. The van der Waals surface area contributed by atoms with Gasteiger partial charge in [0.05, 0.1) is 18.8 Å². The third-order valence-corrected chi connectivity index (χ3v) is 2.79. The van der Waals surface area contributed by atoms with Crippen LogP contribution in [0.3, 0.4) is 0 Å². The summed E-state index contributed by atoms with van der Waals surface area (Å²) in [5, 5.41) is 3.11. The fourth-order valence-corrected chi connectivity index (χ4v) is 1.20. The lowest BCUT2D eigenvalue weighted by molar-refractivity contribution is -0.0803. The first-order valence-corrected chi connectivity index (χ1v) is 6.30. The molecule has 0 saturated carbocycles. The Bertz CT molecular complexity index is 234. The van der Waals surface area contributed by atoms with Crippen LogP contribution in [0, 0.1) is 0 Å². The van der Waals surface area contributed by atoms with Crippen LogP contribution in [0.15, 0.2) is 12.2 Å². The second-order valence-corrected chi connectivity index (χ2v) is 5.67. The van der Waals surface area contributed by atoms with Crippen molar-refractivity contribution in [1.29, 1.82) is 0 Å². The SMILES string of the molecule is C=C(C)CCOC(C)(C)CCOC(C)(C)NC. The van der Waals surface area contributed by atoms with E-state index in [0.717, 1.165) is 25.0 Å². The maximum Gasteiger partial charge on any atom is 0.113 e. The van der Waals surface area contributed by atoms with Crippen molar-refractivity contribution in [2.45, 2.75) is 58.8 Å². The monoisotopic (exact) mass is 243 g/mol. The average Bonchev–Trinajstić information content (AvgIpc) is 2.16. The predicted octanol–water partition coefficient (Wildman–Crippen LogP) is 3.11. The molecule has 0 spiro atoms. The second-order valence-electron chi connectivity index (χ2n) is 5.67. The maximum absolute atomic E-state index is 5.83. The van der Waals surface area contributed by atoms with E-state index >= 15 is 0 Å². The van der Waals surface area contributed by atoms with Crippen LogP contribution in [0.4, 0.5) is 0 Å². The number of rotatable bonds is 9. The lowest BCUT2D eigenvalue weighted by Gasteiger charge is -2.29. The fraction of sp³-hybridized carbons (Fsp3) is 0.857. The Kier molecular flexibility index (Phi) is 6.98. The topological polar surface area (TPSA) is 30.5 Å². The van der Waals surface area contributed by atoms with Gasteiger partial charge in [0.1, 0.15) is 5.72 Å². The molecule has 102 valence electrons. The van der Waals surface area contributed by atoms with Crippen LogP contribution in [0.2, 0.25) is 0 Å². The van der Waals surface area contributed by atoms with Gasteiger partial charge in [-0.2, -0.15) is 0 Å². The predicted molar refractivity (Wildman–Crippen MR) is 73.2 cm³/mol. The highest BCUT2D eigenvalue weighted by atomic mass is 16.5. The Morgan fingerprint density at radius 1 is 1.12 bits per heavy atom. The molecule has 0 rings (SSSR count). The molecule has 0 aliphatic heterocycles. The third kappa shape index (κ3) is 9.33. The normalized spacial score (nSPS) is 12.8. The van der Waals surface area contributed by atoms with Crippen LogP contribution in [0.25, 0.3) is 0 Å². The lowest BCUT2D eigenvalue weighted by Crippen LogP contribution is -2.40. The van der Waals surface area contributed by atoms with Crippen molar-refractivity contribution in [3.8, 4) is 0 Å². The maximum atomic E-state index is 5.83. The molecule has 17 heavy (non-hydrogen) atoms. The molecule has 0 aromatic rings. The van der Waals surface area contributed by atoms with E-state index in [0.29, 0.717) is 6.61 Å². The number of nitrogens with one attached hydrogen (secondary N) is 1. The quantitative estimate of drug-likeness (QED) is 0.498. The van der Waals surface area contributed by atoms with Crippen molar-refractivity contribution in [3.05, 3.63) is 12.2 Å². The molecule has 1 N–H and O–H groups in total. The molecule has 3 nitrogen and oxygen atoms in total. The molecule has 0 bridgehead atoms. The van der Waals surface area contributed by atoms with Crippen molar-refractivity contribution in [2.24, 2.45) is 0 Å². The molecule has 0 fully saturated rings. The first-order chi connectivity index (χ1) is 7.68. The van der Waals surface area contributed by atoms with Gasteiger partial charge in [-0.25, -0.2) is 0 Å². The number of hydrogen-bond acceptors (Lipinski definition) is 3. The molecule has 0 aromatic heterocycles. The van der Waals surface area contributed by atoms with Crippen LogP contribution in [-0.4, -0.2) is 31.6 Å². The zero-order valence-corrected chi connectivity index (χ0v) is 12.4. The number of ether oxygens (including phenoxy) is 2. The third-order valence-electron chi connectivity index (χ3n) is 2.79. The van der Waals surface area contributed by atoms with Crippen LogP contribution in [-0.2, 0) is 9.47 Å². The Morgan fingerprint density at radius 3 is 2.18 bits per heavy atom. The molecule has 0 saturated heterocycles. The van der Waals surface area contributed by atoms with Crippen LogP contribution in [0.5, 0.6) is 0 Å². The Morgan fingerprint density at radius 2 is 1.71 bits per heavy atom. The summed E-state index contributed by atoms with van der Waals surface area (Å²) in [6, 6.07) is 0. The average molecular weight is 243 g/mol. The Hall–Kier alpha value is -0.380. The lowest BCUT2D eigenvalue weighted by atomic mass is 10.1. The van der Waals surface area contributed by atoms with Gasteiger partial charge in [0.25, 0.3) is 0 Å². The van der Waals surface area contributed by atoms with Crippen molar-refractivity contribution in [3.63, 3.8) is 0 Å². The van der Waals surface area contributed by atoms with E-state index in [2.05, 4.69) is 25.7 Å². The highest BCUT2D eigenvalue weighted by Gasteiger charge is 2.21. The summed E-state index contributed by atoms with van der Waals surface area (Å²) in [4.78, 5) is 0. The van der Waals surface area contributed by atoms with E-state index in [9.17, 15) is 0 Å². The van der Waals surface area contributed by atoms with Crippen LogP contribution >= 0.6 is 0 Å². The van der Waals surface area contributed by atoms with Crippen molar-refractivity contribution in [1.82, 2.24) is 5.32 Å². The molecular weight excluding hydrogens is 214 g/mol. The van der Waals surface area contributed by atoms with E-state index in [1.54, 1.807) is 0 Å². The number of hydrogen-bond donors (Lipinski definition) is 1. The first-order valence-electron chi connectivity index (χ1n) is 6.30. The summed E-state index contributed by atoms with van der Waals surface area (Å²) in [6.45, 7) is 15.5. The summed E-state index contributed by atoms with van der Waals surface area (Å²) in [5.74, 6) is 0. The minimum Gasteiger partial charge on any atom is -0.375 e. The van der Waals surface area contributed by atoms with Gasteiger partial charge < -0.3 is 9.47 Å². The summed E-state index contributed by atoms with van der Waals surface area (Å²) in [6.07, 6.45) is 1.81. The van der Waals surface area contributed by atoms with Gasteiger partial charge >= 0.3 is 0 Å². The van der Waals surface area contributed by atoms with E-state index in [4.69, 9.17) is 9.47 Å². The van der Waals surface area contributed by atoms with Crippen molar-refractivity contribution < 1.29 is 9.47 Å². The van der Waals surface area contributed by atoms with Crippen molar-refractivity contribution >= 4 is 0 Å². The van der Waals surface area contributed by atoms with Gasteiger partial charge in [0.2, 0.25) is 0 Å². The zero-order chi connectivity index (χ0) is 13.5. The van der Waals surface area contributed by atoms with Gasteiger partial charge in [-0.3, -0.25) is 5.32 Å². The molecule has 0 aromatic carbocycles. The summed E-state index contributed by atoms with van der Waals surface area (Å²) >= 11 is 0. The van der Waals surface area contributed by atoms with Gasteiger partial charge in [-0.05, 0) is 54.5 Å². The minimum atomic E-state index is -0.270. The minimum absolute atomic E-state index is 0.140.